The van der Waals surface area contributed by atoms with Gasteiger partial charge < -0.3 is 10.2 Å². The molecule has 1 N–H and O–H groups in total. The van der Waals surface area contributed by atoms with Gasteiger partial charge in [0.1, 0.15) is 12.6 Å². The molecule has 0 unspecified atom stereocenters. The molecule has 208 valence electrons. The molecule has 2 amide bonds. The number of hydrogen-bond donors (Lipinski definition) is 1. The Bertz CT molecular complexity index is 1260. The summed E-state index contributed by atoms with van der Waals surface area (Å²) in [4.78, 5) is 28.8. The summed E-state index contributed by atoms with van der Waals surface area (Å²) in [5.74, 6) is -0.736. The van der Waals surface area contributed by atoms with Crippen LogP contribution in [0.25, 0.3) is 0 Å². The van der Waals surface area contributed by atoms with Crippen LogP contribution in [0, 0.1) is 13.8 Å². The Morgan fingerprint density at radius 3 is 2.29 bits per heavy atom. The number of hydrogen-bond acceptors (Lipinski definition) is 4. The molecule has 3 rings (SSSR count). The van der Waals surface area contributed by atoms with Crippen LogP contribution in [-0.4, -0.2) is 50.0 Å². The van der Waals surface area contributed by atoms with Crippen molar-refractivity contribution in [2.24, 2.45) is 0 Å². The van der Waals surface area contributed by atoms with Crippen LogP contribution in [0.15, 0.2) is 36.4 Å². The Morgan fingerprint density at radius 1 is 1.03 bits per heavy atom. The third-order valence-corrected chi connectivity index (χ3v) is 8.88. The molecule has 1 aliphatic carbocycles. The summed E-state index contributed by atoms with van der Waals surface area (Å²) in [5.41, 5.74) is 2.93. The van der Waals surface area contributed by atoms with Crippen LogP contribution in [0.1, 0.15) is 62.1 Å². The maximum absolute atomic E-state index is 13.9. The molecule has 0 spiro atoms. The number of benzene rings is 2. The molecule has 0 saturated heterocycles. The van der Waals surface area contributed by atoms with Crippen LogP contribution in [0.3, 0.4) is 0 Å². The fourth-order valence-corrected chi connectivity index (χ4v) is 6.10. The smallest absolute Gasteiger partial charge is 0.244 e. The Morgan fingerprint density at radius 2 is 1.71 bits per heavy atom. The molecule has 2 aromatic carbocycles. The molecule has 0 aliphatic heterocycles. The van der Waals surface area contributed by atoms with Gasteiger partial charge in [-0.15, -0.1) is 0 Å². The van der Waals surface area contributed by atoms with E-state index in [1.165, 1.54) is 4.90 Å². The van der Waals surface area contributed by atoms with Crippen LogP contribution in [0.2, 0.25) is 10.0 Å². The van der Waals surface area contributed by atoms with Gasteiger partial charge >= 0.3 is 0 Å². The molecule has 1 saturated carbocycles. The van der Waals surface area contributed by atoms with Gasteiger partial charge in [-0.05, 0) is 74.1 Å². The topological polar surface area (TPSA) is 86.8 Å². The number of carbonyl (C=O) groups is 2. The van der Waals surface area contributed by atoms with Crippen molar-refractivity contribution in [2.75, 3.05) is 17.1 Å². The molecule has 10 heteroatoms. The van der Waals surface area contributed by atoms with E-state index in [0.717, 1.165) is 53.8 Å². The van der Waals surface area contributed by atoms with Crippen molar-refractivity contribution in [3.63, 3.8) is 0 Å². The van der Waals surface area contributed by atoms with Gasteiger partial charge in [0.05, 0.1) is 11.9 Å². The molecular formula is C28H37Cl2N3O4S. The Kier molecular flexibility index (Phi) is 10.5. The van der Waals surface area contributed by atoms with Crippen LogP contribution in [0.4, 0.5) is 5.69 Å². The number of halogens is 2. The monoisotopic (exact) mass is 581 g/mol. The fraction of sp³-hybridized carbons (Fsp3) is 0.500. The molecule has 0 heterocycles. The SMILES string of the molecule is CC[C@H](C(=O)NC1CCCCC1)N(Cc1ccc(Cl)cc1Cl)C(=O)CN(c1ccc(C)c(C)c1)S(C)(=O)=O. The van der Waals surface area contributed by atoms with E-state index in [1.54, 1.807) is 30.3 Å². The van der Waals surface area contributed by atoms with Crippen molar-refractivity contribution in [3.05, 3.63) is 63.1 Å². The molecule has 38 heavy (non-hydrogen) atoms. The average Bonchev–Trinajstić information content (AvgIpc) is 2.85. The molecule has 2 aromatic rings. The summed E-state index contributed by atoms with van der Waals surface area (Å²) in [6, 6.07) is 9.51. The van der Waals surface area contributed by atoms with E-state index in [9.17, 15) is 18.0 Å². The van der Waals surface area contributed by atoms with E-state index in [2.05, 4.69) is 5.32 Å². The first-order valence-electron chi connectivity index (χ1n) is 13.0. The highest BCUT2D eigenvalue weighted by molar-refractivity contribution is 7.92. The first-order chi connectivity index (χ1) is 17.9. The van der Waals surface area contributed by atoms with Crippen LogP contribution >= 0.6 is 23.2 Å². The van der Waals surface area contributed by atoms with Crippen molar-refractivity contribution in [2.45, 2.75) is 77.9 Å². The van der Waals surface area contributed by atoms with E-state index in [0.29, 0.717) is 27.7 Å². The second kappa shape index (κ2) is 13.2. The summed E-state index contributed by atoms with van der Waals surface area (Å²) in [5, 5.41) is 3.95. The highest BCUT2D eigenvalue weighted by atomic mass is 35.5. The van der Waals surface area contributed by atoms with Crippen LogP contribution in [0.5, 0.6) is 0 Å². The third-order valence-electron chi connectivity index (χ3n) is 7.15. The minimum Gasteiger partial charge on any atom is -0.352 e. The van der Waals surface area contributed by atoms with Gasteiger partial charge in [0.2, 0.25) is 21.8 Å². The van der Waals surface area contributed by atoms with E-state index < -0.39 is 28.5 Å². The van der Waals surface area contributed by atoms with Crippen molar-refractivity contribution in [1.29, 1.82) is 0 Å². The summed E-state index contributed by atoms with van der Waals surface area (Å²) < 4.78 is 26.7. The molecular weight excluding hydrogens is 545 g/mol. The lowest BCUT2D eigenvalue weighted by atomic mass is 9.95. The lowest BCUT2D eigenvalue weighted by Crippen LogP contribution is -2.54. The van der Waals surface area contributed by atoms with Gasteiger partial charge in [0, 0.05) is 22.6 Å². The summed E-state index contributed by atoms with van der Waals surface area (Å²) in [6.45, 7) is 5.25. The zero-order chi connectivity index (χ0) is 28.0. The quantitative estimate of drug-likeness (QED) is 0.393. The number of rotatable bonds is 10. The summed E-state index contributed by atoms with van der Waals surface area (Å²) >= 11 is 12.5. The van der Waals surface area contributed by atoms with E-state index in [-0.39, 0.29) is 18.5 Å². The number of nitrogens with zero attached hydrogens (tertiary/aromatic N) is 2. The van der Waals surface area contributed by atoms with Crippen molar-refractivity contribution >= 4 is 50.7 Å². The third kappa shape index (κ3) is 7.87. The number of aryl methyl sites for hydroxylation is 2. The molecule has 7 nitrogen and oxygen atoms in total. The second-order valence-electron chi connectivity index (χ2n) is 10.1. The number of sulfonamides is 1. The number of anilines is 1. The predicted molar refractivity (Wildman–Crippen MR) is 154 cm³/mol. The highest BCUT2D eigenvalue weighted by Gasteiger charge is 2.33. The molecule has 0 bridgehead atoms. The molecule has 0 aromatic heterocycles. The van der Waals surface area contributed by atoms with Crippen LogP contribution < -0.4 is 9.62 Å². The fourth-order valence-electron chi connectivity index (χ4n) is 4.79. The lowest BCUT2D eigenvalue weighted by molar-refractivity contribution is -0.140. The molecule has 1 fully saturated rings. The van der Waals surface area contributed by atoms with Crippen molar-refractivity contribution in [3.8, 4) is 0 Å². The predicted octanol–water partition coefficient (Wildman–Crippen LogP) is 5.63. The molecule has 0 radical (unpaired) electrons. The van der Waals surface area contributed by atoms with Gasteiger partial charge in [-0.2, -0.15) is 0 Å². The van der Waals surface area contributed by atoms with Crippen molar-refractivity contribution < 1.29 is 18.0 Å². The maximum atomic E-state index is 13.9. The lowest BCUT2D eigenvalue weighted by Gasteiger charge is -2.34. The zero-order valence-electron chi connectivity index (χ0n) is 22.5. The van der Waals surface area contributed by atoms with Gasteiger partial charge in [-0.1, -0.05) is 61.5 Å². The Hall–Kier alpha value is -2.29. The van der Waals surface area contributed by atoms with Gasteiger partial charge in [0.25, 0.3) is 0 Å². The molecule has 1 atom stereocenters. The second-order valence-corrected chi connectivity index (χ2v) is 12.8. The number of amides is 2. The molecule has 1 aliphatic rings. The minimum absolute atomic E-state index is 0.0377. The Balaban J connectivity index is 1.95. The van der Waals surface area contributed by atoms with Gasteiger partial charge in [-0.3, -0.25) is 13.9 Å². The zero-order valence-corrected chi connectivity index (χ0v) is 24.8. The minimum atomic E-state index is -3.80. The van der Waals surface area contributed by atoms with Gasteiger partial charge in [0.15, 0.2) is 0 Å². The average molecular weight is 583 g/mol. The highest BCUT2D eigenvalue weighted by Crippen LogP contribution is 2.26. The largest absolute Gasteiger partial charge is 0.352 e. The first kappa shape index (κ1) is 30.3. The van der Waals surface area contributed by atoms with E-state index in [4.69, 9.17) is 23.2 Å². The van der Waals surface area contributed by atoms with Crippen LogP contribution in [-0.2, 0) is 26.2 Å². The maximum Gasteiger partial charge on any atom is 0.244 e. The van der Waals surface area contributed by atoms with E-state index in [1.807, 2.05) is 26.8 Å². The normalized spacial score (nSPS) is 15.1. The number of carbonyl (C=O) groups excluding carboxylic acids is 2. The Labute approximate surface area is 236 Å². The number of nitrogens with one attached hydrogen (secondary N) is 1. The van der Waals surface area contributed by atoms with Crippen molar-refractivity contribution in [1.82, 2.24) is 10.2 Å². The standard InChI is InChI=1S/C28H37Cl2N3O4S/c1-5-26(28(35)31-23-9-7-6-8-10-23)32(17-21-12-13-22(29)16-25(21)30)27(34)18-33(38(4,36)37)24-14-11-19(2)20(3)15-24/h11-16,23,26H,5-10,17-18H2,1-4H3,(H,31,35)/t26-/m1/s1. The summed E-state index contributed by atoms with van der Waals surface area (Å²) in [7, 11) is -3.80. The first-order valence-corrected chi connectivity index (χ1v) is 15.6. The van der Waals surface area contributed by atoms with E-state index >= 15 is 0 Å². The van der Waals surface area contributed by atoms with Gasteiger partial charge in [-0.25, -0.2) is 8.42 Å². The summed E-state index contributed by atoms with van der Waals surface area (Å²) in [6.07, 6.45) is 6.53.